The van der Waals surface area contributed by atoms with Crippen molar-refractivity contribution in [2.45, 2.75) is 26.8 Å². The van der Waals surface area contributed by atoms with Crippen LogP contribution >= 0.6 is 0 Å². The number of anilines is 1. The fourth-order valence-electron chi connectivity index (χ4n) is 3.49. The molecule has 3 nitrogen and oxygen atoms in total. The molecule has 0 saturated heterocycles. The van der Waals surface area contributed by atoms with E-state index in [1.165, 1.54) is 17.7 Å². The fraction of sp³-hybridized carbons (Fsp3) is 0.364. The average molecular weight is 354 g/mol. The van der Waals surface area contributed by atoms with E-state index in [4.69, 9.17) is 0 Å². The monoisotopic (exact) mass is 354 g/mol. The minimum atomic E-state index is -0.199. The molecule has 3 rings (SSSR count). The Kier molecular flexibility index (Phi) is 5.94. The topological polar surface area (TPSA) is 26.7 Å². The highest BCUT2D eigenvalue weighted by Crippen LogP contribution is 2.28. The first kappa shape index (κ1) is 18.5. The Morgan fingerprint density at radius 2 is 1.81 bits per heavy atom. The number of benzene rings is 2. The van der Waals surface area contributed by atoms with Gasteiger partial charge in [-0.05, 0) is 49.6 Å². The second kappa shape index (κ2) is 8.37. The normalized spacial score (nSPS) is 15.0. The van der Waals surface area contributed by atoms with E-state index in [2.05, 4.69) is 35.8 Å². The molecule has 1 aliphatic heterocycles. The molecule has 0 saturated carbocycles. The largest absolute Gasteiger partial charge is 0.508 e. The third-order valence-electron chi connectivity index (χ3n) is 5.10. The predicted molar refractivity (Wildman–Crippen MR) is 106 cm³/mol. The maximum absolute atomic E-state index is 13.1. The van der Waals surface area contributed by atoms with Crippen LogP contribution < -0.4 is 4.90 Å². The van der Waals surface area contributed by atoms with E-state index >= 15 is 0 Å². The van der Waals surface area contributed by atoms with Crippen LogP contribution in [0.5, 0.6) is 5.75 Å². The summed E-state index contributed by atoms with van der Waals surface area (Å²) in [6, 6.07) is 12.7. The van der Waals surface area contributed by atoms with Crippen molar-refractivity contribution in [1.29, 1.82) is 0 Å². The number of phenols is 1. The minimum absolute atomic E-state index is 0.199. The number of hydrogen-bond donors (Lipinski definition) is 1. The molecule has 0 aliphatic carbocycles. The molecule has 0 fully saturated rings. The molecule has 1 heterocycles. The van der Waals surface area contributed by atoms with Gasteiger partial charge in [0.2, 0.25) is 0 Å². The molecular formula is C22H27FN2O. The smallest absolute Gasteiger partial charge is 0.123 e. The van der Waals surface area contributed by atoms with E-state index in [9.17, 15) is 9.50 Å². The quantitative estimate of drug-likeness (QED) is 0.817. The number of aromatic hydroxyl groups is 1. The SMILES string of the molecule is CCN(CC)c1ccc(CN2CC=C(c3ccc(F)cc3)CC2)c(O)c1. The van der Waals surface area contributed by atoms with Crippen LogP contribution in [-0.4, -0.2) is 36.2 Å². The first-order chi connectivity index (χ1) is 12.6. The van der Waals surface area contributed by atoms with Gasteiger partial charge in [-0.15, -0.1) is 0 Å². The lowest BCUT2D eigenvalue weighted by Gasteiger charge is -2.27. The van der Waals surface area contributed by atoms with E-state index in [-0.39, 0.29) is 5.82 Å². The first-order valence-electron chi connectivity index (χ1n) is 9.34. The highest BCUT2D eigenvalue weighted by Gasteiger charge is 2.15. The van der Waals surface area contributed by atoms with Gasteiger partial charge in [0.15, 0.2) is 0 Å². The van der Waals surface area contributed by atoms with Crippen molar-refractivity contribution in [2.24, 2.45) is 0 Å². The zero-order valence-electron chi connectivity index (χ0n) is 15.6. The van der Waals surface area contributed by atoms with Crippen molar-refractivity contribution in [3.05, 3.63) is 65.5 Å². The van der Waals surface area contributed by atoms with Crippen molar-refractivity contribution in [3.63, 3.8) is 0 Å². The molecule has 26 heavy (non-hydrogen) atoms. The molecule has 0 bridgehead atoms. The van der Waals surface area contributed by atoms with Crippen LogP contribution in [0, 0.1) is 5.82 Å². The summed E-state index contributed by atoms with van der Waals surface area (Å²) in [5, 5.41) is 10.4. The van der Waals surface area contributed by atoms with Gasteiger partial charge < -0.3 is 10.0 Å². The summed E-state index contributed by atoms with van der Waals surface area (Å²) < 4.78 is 13.1. The van der Waals surface area contributed by atoms with E-state index in [0.29, 0.717) is 5.75 Å². The van der Waals surface area contributed by atoms with E-state index in [0.717, 1.165) is 56.0 Å². The summed E-state index contributed by atoms with van der Waals surface area (Å²) in [5.41, 5.74) is 4.38. The van der Waals surface area contributed by atoms with Crippen LogP contribution in [0.2, 0.25) is 0 Å². The van der Waals surface area contributed by atoms with Crippen molar-refractivity contribution in [1.82, 2.24) is 4.90 Å². The van der Waals surface area contributed by atoms with E-state index in [1.54, 1.807) is 0 Å². The van der Waals surface area contributed by atoms with Crippen LogP contribution in [0.4, 0.5) is 10.1 Å². The van der Waals surface area contributed by atoms with Gasteiger partial charge >= 0.3 is 0 Å². The number of nitrogens with zero attached hydrogens (tertiary/aromatic N) is 2. The first-order valence-corrected chi connectivity index (χ1v) is 9.34. The van der Waals surface area contributed by atoms with Crippen molar-refractivity contribution in [3.8, 4) is 5.75 Å². The molecule has 1 N–H and O–H groups in total. The highest BCUT2D eigenvalue weighted by atomic mass is 19.1. The maximum Gasteiger partial charge on any atom is 0.123 e. The zero-order chi connectivity index (χ0) is 18.5. The molecule has 0 amide bonds. The van der Waals surface area contributed by atoms with Crippen molar-refractivity contribution >= 4 is 11.3 Å². The van der Waals surface area contributed by atoms with Crippen molar-refractivity contribution in [2.75, 3.05) is 31.1 Å². The summed E-state index contributed by atoms with van der Waals surface area (Å²) >= 11 is 0. The van der Waals surface area contributed by atoms with Gasteiger partial charge in [-0.25, -0.2) is 4.39 Å². The molecule has 4 heteroatoms. The number of rotatable bonds is 6. The standard InChI is InChI=1S/C22H27FN2O/c1-3-25(4-2)21-10-7-19(22(26)15-21)16-24-13-11-18(12-14-24)17-5-8-20(23)9-6-17/h5-11,15,26H,3-4,12-14,16H2,1-2H3. The number of hydrogen-bond acceptors (Lipinski definition) is 3. The molecule has 0 unspecified atom stereocenters. The third kappa shape index (κ3) is 4.25. The van der Waals surface area contributed by atoms with Gasteiger partial charge in [0, 0.05) is 50.0 Å². The van der Waals surface area contributed by atoms with Gasteiger partial charge in [-0.2, -0.15) is 0 Å². The molecule has 0 radical (unpaired) electrons. The number of phenolic OH excluding ortho intramolecular Hbond substituents is 1. The third-order valence-corrected chi connectivity index (χ3v) is 5.10. The molecule has 0 atom stereocenters. The highest BCUT2D eigenvalue weighted by molar-refractivity contribution is 5.66. The summed E-state index contributed by atoms with van der Waals surface area (Å²) in [6.45, 7) is 8.60. The van der Waals surface area contributed by atoms with Gasteiger partial charge in [-0.1, -0.05) is 24.3 Å². The molecule has 138 valence electrons. The zero-order valence-corrected chi connectivity index (χ0v) is 15.6. The lowest BCUT2D eigenvalue weighted by molar-refractivity contribution is 0.289. The lowest BCUT2D eigenvalue weighted by Crippen LogP contribution is -2.28. The van der Waals surface area contributed by atoms with Crippen LogP contribution in [0.15, 0.2) is 48.5 Å². The Bertz CT molecular complexity index is 766. The van der Waals surface area contributed by atoms with Gasteiger partial charge in [-0.3, -0.25) is 4.90 Å². The Balaban J connectivity index is 1.65. The van der Waals surface area contributed by atoms with Crippen LogP contribution in [0.3, 0.4) is 0 Å². The Hall–Kier alpha value is -2.33. The van der Waals surface area contributed by atoms with Crippen LogP contribution in [0.1, 0.15) is 31.4 Å². The maximum atomic E-state index is 13.1. The second-order valence-corrected chi connectivity index (χ2v) is 6.71. The van der Waals surface area contributed by atoms with E-state index in [1.807, 2.05) is 24.3 Å². The molecule has 1 aliphatic rings. The molecule has 2 aromatic rings. The summed E-state index contributed by atoms with van der Waals surface area (Å²) in [4.78, 5) is 4.54. The number of halogens is 1. The Morgan fingerprint density at radius 1 is 1.08 bits per heavy atom. The van der Waals surface area contributed by atoms with Crippen molar-refractivity contribution < 1.29 is 9.50 Å². The van der Waals surface area contributed by atoms with Gasteiger partial charge in [0.1, 0.15) is 11.6 Å². The Labute approximate surface area is 155 Å². The van der Waals surface area contributed by atoms with Crippen LogP contribution in [-0.2, 0) is 6.54 Å². The molecular weight excluding hydrogens is 327 g/mol. The summed E-state index contributed by atoms with van der Waals surface area (Å²) in [6.07, 6.45) is 3.14. The predicted octanol–water partition coefficient (Wildman–Crippen LogP) is 4.67. The average Bonchev–Trinajstić information content (AvgIpc) is 2.66. The molecule has 0 aromatic heterocycles. The van der Waals surface area contributed by atoms with E-state index < -0.39 is 0 Å². The van der Waals surface area contributed by atoms with Gasteiger partial charge in [0.25, 0.3) is 0 Å². The lowest BCUT2D eigenvalue weighted by atomic mass is 9.99. The Morgan fingerprint density at radius 3 is 2.38 bits per heavy atom. The molecule has 0 spiro atoms. The fourth-order valence-corrected chi connectivity index (χ4v) is 3.49. The van der Waals surface area contributed by atoms with Gasteiger partial charge in [0.05, 0.1) is 0 Å². The summed E-state index contributed by atoms with van der Waals surface area (Å²) in [7, 11) is 0. The molecule has 2 aromatic carbocycles. The minimum Gasteiger partial charge on any atom is -0.508 e. The van der Waals surface area contributed by atoms with Crippen LogP contribution in [0.25, 0.3) is 5.57 Å². The second-order valence-electron chi connectivity index (χ2n) is 6.71. The summed E-state index contributed by atoms with van der Waals surface area (Å²) in [5.74, 6) is 0.165.